The van der Waals surface area contributed by atoms with Crippen LogP contribution in [0.2, 0.25) is 0 Å². The lowest BCUT2D eigenvalue weighted by molar-refractivity contribution is -0.121. The van der Waals surface area contributed by atoms with E-state index in [1.165, 1.54) is 36.8 Å². The number of hydrogen-bond acceptors (Lipinski definition) is 2. The van der Waals surface area contributed by atoms with E-state index in [9.17, 15) is 4.79 Å². The Kier molecular flexibility index (Phi) is 5.94. The van der Waals surface area contributed by atoms with Crippen molar-refractivity contribution in [2.24, 2.45) is 11.8 Å². The molecule has 3 rings (SSSR count). The first-order valence-electron chi connectivity index (χ1n) is 9.49. The van der Waals surface area contributed by atoms with Gasteiger partial charge in [0.1, 0.15) is 0 Å². The van der Waals surface area contributed by atoms with Crippen molar-refractivity contribution in [3.05, 3.63) is 34.9 Å². The van der Waals surface area contributed by atoms with Crippen LogP contribution < -0.4 is 16.2 Å². The van der Waals surface area contributed by atoms with Crippen LogP contribution in [0.1, 0.15) is 56.2 Å². The van der Waals surface area contributed by atoms with Gasteiger partial charge in [0.15, 0.2) is 5.11 Å². The summed E-state index contributed by atoms with van der Waals surface area (Å²) >= 11 is 5.34. The average molecular weight is 360 g/mol. The van der Waals surface area contributed by atoms with E-state index < -0.39 is 0 Å². The third-order valence-corrected chi connectivity index (χ3v) is 6.09. The van der Waals surface area contributed by atoms with Gasteiger partial charge in [-0.25, -0.2) is 0 Å². The fourth-order valence-corrected chi connectivity index (χ4v) is 4.28. The summed E-state index contributed by atoms with van der Waals surface area (Å²) in [4.78, 5) is 12.2. The van der Waals surface area contributed by atoms with E-state index in [0.717, 1.165) is 18.4 Å². The van der Waals surface area contributed by atoms with Gasteiger partial charge in [-0.1, -0.05) is 44.9 Å². The molecule has 3 N–H and O–H groups in total. The molecule has 2 aliphatic carbocycles. The molecule has 0 saturated heterocycles. The van der Waals surface area contributed by atoms with Gasteiger partial charge in [0.2, 0.25) is 5.91 Å². The number of rotatable bonds is 3. The molecule has 1 fully saturated rings. The standard InChI is InChI=1S/C20H29N3OS/c1-13-5-3-8-18(14(13)2)21-20(25)23-22-19(24)12-15-9-10-16-6-4-7-17(16)11-15/h9-11,13-14,18H,3-8,12H2,1-2H3,(H,22,24)(H2,21,23,25)/t13-,14+,18-/m0/s1. The van der Waals surface area contributed by atoms with Gasteiger partial charge in [-0.15, -0.1) is 0 Å². The number of benzene rings is 1. The zero-order chi connectivity index (χ0) is 17.8. The monoisotopic (exact) mass is 359 g/mol. The molecule has 0 heterocycles. The maximum Gasteiger partial charge on any atom is 0.242 e. The summed E-state index contributed by atoms with van der Waals surface area (Å²) in [5.74, 6) is 1.24. The van der Waals surface area contributed by atoms with Crippen LogP contribution in [0.15, 0.2) is 18.2 Å². The quantitative estimate of drug-likeness (QED) is 0.574. The van der Waals surface area contributed by atoms with Gasteiger partial charge in [-0.2, -0.15) is 0 Å². The number of hydrogen-bond donors (Lipinski definition) is 3. The highest BCUT2D eigenvalue weighted by Gasteiger charge is 2.27. The smallest absolute Gasteiger partial charge is 0.242 e. The molecule has 1 aromatic carbocycles. The summed E-state index contributed by atoms with van der Waals surface area (Å²) in [6, 6.07) is 6.78. The average Bonchev–Trinajstić information content (AvgIpc) is 3.05. The number of nitrogens with one attached hydrogen (secondary N) is 3. The molecule has 4 nitrogen and oxygen atoms in total. The largest absolute Gasteiger partial charge is 0.358 e. The summed E-state index contributed by atoms with van der Waals surface area (Å²) < 4.78 is 0. The Morgan fingerprint density at radius 1 is 1.12 bits per heavy atom. The molecule has 1 amide bonds. The van der Waals surface area contributed by atoms with Crippen molar-refractivity contribution in [1.29, 1.82) is 0 Å². The second kappa shape index (κ2) is 8.17. The van der Waals surface area contributed by atoms with Crippen molar-refractivity contribution >= 4 is 23.2 Å². The van der Waals surface area contributed by atoms with Crippen molar-refractivity contribution in [2.75, 3.05) is 0 Å². The molecule has 1 aromatic rings. The molecule has 0 bridgehead atoms. The molecule has 25 heavy (non-hydrogen) atoms. The maximum atomic E-state index is 12.2. The van der Waals surface area contributed by atoms with Crippen LogP contribution in [0.5, 0.6) is 0 Å². The second-order valence-electron chi connectivity index (χ2n) is 7.65. The van der Waals surface area contributed by atoms with E-state index in [2.05, 4.69) is 48.2 Å². The van der Waals surface area contributed by atoms with E-state index in [4.69, 9.17) is 12.2 Å². The van der Waals surface area contributed by atoms with Gasteiger partial charge < -0.3 is 5.32 Å². The Morgan fingerprint density at radius 2 is 1.92 bits per heavy atom. The minimum absolute atomic E-state index is 0.0628. The van der Waals surface area contributed by atoms with Crippen LogP contribution in [0.3, 0.4) is 0 Å². The van der Waals surface area contributed by atoms with E-state index >= 15 is 0 Å². The lowest BCUT2D eigenvalue weighted by atomic mass is 9.78. The number of aryl methyl sites for hydroxylation is 2. The number of fused-ring (bicyclic) bond motifs is 1. The van der Waals surface area contributed by atoms with E-state index in [1.54, 1.807) is 0 Å². The molecule has 3 atom stereocenters. The topological polar surface area (TPSA) is 53.2 Å². The third kappa shape index (κ3) is 4.72. The lowest BCUT2D eigenvalue weighted by Crippen LogP contribution is -2.52. The summed E-state index contributed by atoms with van der Waals surface area (Å²) in [6.07, 6.45) is 7.56. The van der Waals surface area contributed by atoms with E-state index in [1.807, 2.05) is 0 Å². The molecule has 0 unspecified atom stereocenters. The number of carbonyl (C=O) groups excluding carboxylic acids is 1. The fraction of sp³-hybridized carbons (Fsp3) is 0.600. The zero-order valence-electron chi connectivity index (χ0n) is 15.2. The highest BCUT2D eigenvalue weighted by Crippen LogP contribution is 2.29. The highest BCUT2D eigenvalue weighted by molar-refractivity contribution is 7.80. The minimum atomic E-state index is -0.0628. The lowest BCUT2D eigenvalue weighted by Gasteiger charge is -2.35. The van der Waals surface area contributed by atoms with E-state index in [0.29, 0.717) is 29.4 Å². The van der Waals surface area contributed by atoms with Crippen LogP contribution in [-0.4, -0.2) is 17.1 Å². The molecular weight excluding hydrogens is 330 g/mol. The number of hydrazine groups is 1. The molecule has 5 heteroatoms. The van der Waals surface area contributed by atoms with Crippen molar-refractivity contribution in [3.63, 3.8) is 0 Å². The molecule has 0 aliphatic heterocycles. The summed E-state index contributed by atoms with van der Waals surface area (Å²) in [5.41, 5.74) is 9.48. The summed E-state index contributed by atoms with van der Waals surface area (Å²) in [7, 11) is 0. The van der Waals surface area contributed by atoms with Gasteiger partial charge in [0.25, 0.3) is 0 Å². The van der Waals surface area contributed by atoms with Crippen molar-refractivity contribution in [3.8, 4) is 0 Å². The molecule has 1 saturated carbocycles. The van der Waals surface area contributed by atoms with Crippen LogP contribution in [0.25, 0.3) is 0 Å². The molecule has 0 aromatic heterocycles. The first kappa shape index (κ1) is 18.2. The van der Waals surface area contributed by atoms with Gasteiger partial charge in [0, 0.05) is 6.04 Å². The summed E-state index contributed by atoms with van der Waals surface area (Å²) in [5, 5.41) is 3.87. The molecule has 2 aliphatic rings. The first-order chi connectivity index (χ1) is 12.0. The van der Waals surface area contributed by atoms with Gasteiger partial charge in [-0.3, -0.25) is 15.6 Å². The Labute approximate surface area is 156 Å². The molecular formula is C20H29N3OS. The fourth-order valence-electron chi connectivity index (χ4n) is 4.08. The number of carbonyl (C=O) groups is 1. The Hall–Kier alpha value is -1.62. The zero-order valence-corrected chi connectivity index (χ0v) is 16.0. The Bertz CT molecular complexity index is 646. The van der Waals surface area contributed by atoms with Gasteiger partial charge >= 0.3 is 0 Å². The third-order valence-electron chi connectivity index (χ3n) is 5.87. The SMILES string of the molecule is C[C@H]1[C@@H](NC(=S)NNC(=O)Cc2ccc3c(c2)CCC3)CCC[C@@H]1C. The number of thiocarbonyl (C=S) groups is 1. The van der Waals surface area contributed by atoms with Crippen LogP contribution in [0.4, 0.5) is 0 Å². The Morgan fingerprint density at radius 3 is 2.76 bits per heavy atom. The predicted octanol–water partition coefficient (Wildman–Crippen LogP) is 3.04. The van der Waals surface area contributed by atoms with Gasteiger partial charge in [0.05, 0.1) is 6.42 Å². The second-order valence-corrected chi connectivity index (χ2v) is 8.06. The van der Waals surface area contributed by atoms with Crippen molar-refractivity contribution in [2.45, 2.75) is 64.8 Å². The van der Waals surface area contributed by atoms with Crippen molar-refractivity contribution in [1.82, 2.24) is 16.2 Å². The van der Waals surface area contributed by atoms with Gasteiger partial charge in [-0.05, 0) is 66.4 Å². The highest BCUT2D eigenvalue weighted by atomic mass is 32.1. The normalized spacial score (nSPS) is 25.1. The van der Waals surface area contributed by atoms with Crippen LogP contribution >= 0.6 is 12.2 Å². The van der Waals surface area contributed by atoms with Crippen LogP contribution in [-0.2, 0) is 24.1 Å². The van der Waals surface area contributed by atoms with E-state index in [-0.39, 0.29) is 5.91 Å². The Balaban J connectivity index is 1.43. The maximum absolute atomic E-state index is 12.2. The number of amides is 1. The summed E-state index contributed by atoms with van der Waals surface area (Å²) in [6.45, 7) is 4.57. The molecule has 0 radical (unpaired) electrons. The predicted molar refractivity (Wildman–Crippen MR) is 105 cm³/mol. The molecule has 136 valence electrons. The molecule has 0 spiro atoms. The van der Waals surface area contributed by atoms with Crippen LogP contribution in [0, 0.1) is 11.8 Å². The van der Waals surface area contributed by atoms with Crippen molar-refractivity contribution < 1.29 is 4.79 Å². The minimum Gasteiger partial charge on any atom is -0.358 e. The first-order valence-corrected chi connectivity index (χ1v) is 9.90.